The van der Waals surface area contributed by atoms with Crippen molar-refractivity contribution in [2.24, 2.45) is 7.05 Å². The van der Waals surface area contributed by atoms with Gasteiger partial charge in [-0.05, 0) is 59.3 Å². The van der Waals surface area contributed by atoms with Gasteiger partial charge in [-0.2, -0.15) is 0 Å². The van der Waals surface area contributed by atoms with Crippen molar-refractivity contribution in [3.8, 4) is 0 Å². The molecule has 29 heavy (non-hydrogen) atoms. The highest BCUT2D eigenvalue weighted by Gasteiger charge is 2.21. The first-order valence-corrected chi connectivity index (χ1v) is 11.9. The molecule has 0 saturated heterocycles. The molecule has 9 heteroatoms. The van der Waals surface area contributed by atoms with E-state index in [4.69, 9.17) is 4.98 Å². The van der Waals surface area contributed by atoms with Crippen LogP contribution in [0.25, 0.3) is 15.9 Å². The summed E-state index contributed by atoms with van der Waals surface area (Å²) in [5.41, 5.74) is 2.36. The quantitative estimate of drug-likeness (QED) is 0.322. The Labute approximate surface area is 182 Å². The lowest BCUT2D eigenvalue weighted by Crippen LogP contribution is -2.20. The second-order valence-corrected chi connectivity index (χ2v) is 10.0. The summed E-state index contributed by atoms with van der Waals surface area (Å²) in [6, 6.07) is 5.19. The predicted octanol–water partition coefficient (Wildman–Crippen LogP) is 3.94. The van der Waals surface area contributed by atoms with Gasteiger partial charge in [0, 0.05) is 34.4 Å². The number of aromatic nitrogens is 4. The van der Waals surface area contributed by atoms with Crippen LogP contribution >= 0.6 is 39.0 Å². The van der Waals surface area contributed by atoms with Crippen molar-refractivity contribution < 1.29 is 0 Å². The molecule has 0 unspecified atom stereocenters. The smallest absolute Gasteiger partial charge is 0.262 e. The largest absolute Gasteiger partial charge is 0.290 e. The number of thioether (sulfide) groups is 1. The van der Waals surface area contributed by atoms with E-state index < -0.39 is 0 Å². The van der Waals surface area contributed by atoms with Gasteiger partial charge >= 0.3 is 0 Å². The van der Waals surface area contributed by atoms with Gasteiger partial charge in [-0.1, -0.05) is 11.8 Å². The number of fused-ring (bicyclic) bond motifs is 4. The topological polar surface area (TPSA) is 69.3 Å². The van der Waals surface area contributed by atoms with Crippen LogP contribution in [0.5, 0.6) is 0 Å². The van der Waals surface area contributed by atoms with Crippen molar-refractivity contribution in [3.63, 3.8) is 0 Å². The Bertz CT molecular complexity index is 1390. The third-order valence-corrected chi connectivity index (χ3v) is 7.90. The fraction of sp³-hybridized carbons (Fsp3) is 0.300. The summed E-state index contributed by atoms with van der Waals surface area (Å²) < 4.78 is 3.95. The van der Waals surface area contributed by atoms with E-state index in [1.807, 2.05) is 6.07 Å². The fourth-order valence-corrected chi connectivity index (χ4v) is 6.24. The summed E-state index contributed by atoms with van der Waals surface area (Å²) >= 11 is 6.46. The molecule has 0 N–H and O–H groups in total. The normalized spacial score (nSPS) is 13.9. The SMILES string of the molecule is Cn1c(SCc2cc(=O)n3cc(Br)ccc3n2)nc2sc3c(c2c1=O)CCCC3. The van der Waals surface area contributed by atoms with E-state index in [-0.39, 0.29) is 11.1 Å². The van der Waals surface area contributed by atoms with Crippen molar-refractivity contribution in [1.82, 2.24) is 18.9 Å². The highest BCUT2D eigenvalue weighted by atomic mass is 79.9. The third-order valence-electron chi connectivity index (χ3n) is 5.18. The van der Waals surface area contributed by atoms with Crippen LogP contribution in [-0.2, 0) is 25.6 Å². The Morgan fingerprint density at radius 2 is 2.03 bits per heavy atom. The number of rotatable bonds is 3. The van der Waals surface area contributed by atoms with E-state index in [0.717, 1.165) is 34.0 Å². The molecule has 0 spiro atoms. The van der Waals surface area contributed by atoms with Gasteiger partial charge in [-0.15, -0.1) is 11.3 Å². The van der Waals surface area contributed by atoms with Crippen molar-refractivity contribution in [2.45, 2.75) is 36.6 Å². The Kier molecular flexibility index (Phi) is 4.84. The fourth-order valence-electron chi connectivity index (χ4n) is 3.73. The number of pyridine rings is 1. The van der Waals surface area contributed by atoms with Crippen LogP contribution in [0.2, 0.25) is 0 Å². The zero-order valence-electron chi connectivity index (χ0n) is 15.6. The maximum Gasteiger partial charge on any atom is 0.262 e. The first-order chi connectivity index (χ1) is 14.0. The summed E-state index contributed by atoms with van der Waals surface area (Å²) in [7, 11) is 1.77. The summed E-state index contributed by atoms with van der Waals surface area (Å²) in [6.07, 6.45) is 6.04. The summed E-state index contributed by atoms with van der Waals surface area (Å²) in [5.74, 6) is 0.471. The summed E-state index contributed by atoms with van der Waals surface area (Å²) in [4.78, 5) is 36.9. The predicted molar refractivity (Wildman–Crippen MR) is 120 cm³/mol. The zero-order chi connectivity index (χ0) is 20.1. The number of hydrogen-bond acceptors (Lipinski definition) is 6. The Morgan fingerprint density at radius 1 is 1.21 bits per heavy atom. The second-order valence-electron chi connectivity index (χ2n) is 7.10. The molecule has 1 aliphatic rings. The van der Waals surface area contributed by atoms with Gasteiger partial charge in [0.25, 0.3) is 11.1 Å². The molecule has 0 aliphatic heterocycles. The molecule has 6 nitrogen and oxygen atoms in total. The molecule has 5 rings (SSSR count). The number of hydrogen-bond donors (Lipinski definition) is 0. The minimum Gasteiger partial charge on any atom is -0.290 e. The second kappa shape index (κ2) is 7.37. The lowest BCUT2D eigenvalue weighted by molar-refractivity contribution is 0.695. The van der Waals surface area contributed by atoms with Crippen LogP contribution in [0.3, 0.4) is 0 Å². The molecule has 148 valence electrons. The van der Waals surface area contributed by atoms with E-state index >= 15 is 0 Å². The van der Waals surface area contributed by atoms with E-state index in [2.05, 4.69) is 20.9 Å². The highest BCUT2D eigenvalue weighted by Crippen LogP contribution is 2.34. The molecule has 0 radical (unpaired) electrons. The average Bonchev–Trinajstić information content (AvgIpc) is 3.08. The summed E-state index contributed by atoms with van der Waals surface area (Å²) in [5, 5.41) is 1.45. The Hall–Kier alpha value is -1.97. The van der Waals surface area contributed by atoms with Crippen molar-refractivity contribution in [1.29, 1.82) is 0 Å². The van der Waals surface area contributed by atoms with Crippen LogP contribution < -0.4 is 11.1 Å². The molecule has 1 aliphatic carbocycles. The maximum absolute atomic E-state index is 13.0. The van der Waals surface area contributed by atoms with Gasteiger partial charge in [0.2, 0.25) is 0 Å². The monoisotopic (exact) mass is 488 g/mol. The Morgan fingerprint density at radius 3 is 2.90 bits per heavy atom. The number of aryl methyl sites for hydroxylation is 2. The standard InChI is InChI=1S/C20H17BrN4O2S2/c1-24-19(27)17-13-4-2-3-5-14(13)29-18(17)23-20(24)28-10-12-8-16(26)25-9-11(21)6-7-15(25)22-12/h6-9H,2-5,10H2,1H3. The first-order valence-electron chi connectivity index (χ1n) is 9.33. The highest BCUT2D eigenvalue weighted by molar-refractivity contribution is 9.10. The molecule has 0 atom stereocenters. The van der Waals surface area contributed by atoms with Crippen LogP contribution in [0.1, 0.15) is 29.0 Å². The van der Waals surface area contributed by atoms with E-state index in [9.17, 15) is 9.59 Å². The van der Waals surface area contributed by atoms with E-state index in [1.165, 1.54) is 39.1 Å². The molecule has 0 amide bonds. The van der Waals surface area contributed by atoms with Crippen LogP contribution in [0.15, 0.2) is 43.6 Å². The van der Waals surface area contributed by atoms with Gasteiger partial charge < -0.3 is 0 Å². The minimum atomic E-state index is -0.130. The minimum absolute atomic E-state index is 0.0216. The number of nitrogens with zero attached hydrogens (tertiary/aromatic N) is 4. The van der Waals surface area contributed by atoms with Crippen molar-refractivity contribution in [2.75, 3.05) is 0 Å². The molecule has 0 aromatic carbocycles. The zero-order valence-corrected chi connectivity index (χ0v) is 18.9. The van der Waals surface area contributed by atoms with Gasteiger partial charge in [-0.3, -0.25) is 18.6 Å². The molecule has 4 aromatic heterocycles. The third kappa shape index (κ3) is 3.35. The van der Waals surface area contributed by atoms with Gasteiger partial charge in [0.1, 0.15) is 10.5 Å². The van der Waals surface area contributed by atoms with Crippen LogP contribution in [-0.4, -0.2) is 18.9 Å². The van der Waals surface area contributed by atoms with Crippen LogP contribution in [0, 0.1) is 0 Å². The van der Waals surface area contributed by atoms with Gasteiger partial charge in [0.05, 0.1) is 11.1 Å². The van der Waals surface area contributed by atoms with E-state index in [0.29, 0.717) is 22.3 Å². The molecular formula is C20H17BrN4O2S2. The lowest BCUT2D eigenvalue weighted by Gasteiger charge is -2.11. The molecular weight excluding hydrogens is 472 g/mol. The van der Waals surface area contributed by atoms with Crippen molar-refractivity contribution in [3.05, 3.63) is 65.7 Å². The molecule has 0 bridgehead atoms. The maximum atomic E-state index is 13.0. The molecule has 0 saturated carbocycles. The van der Waals surface area contributed by atoms with E-state index in [1.54, 1.807) is 35.2 Å². The lowest BCUT2D eigenvalue weighted by atomic mass is 9.97. The van der Waals surface area contributed by atoms with Crippen molar-refractivity contribution >= 4 is 54.9 Å². The van der Waals surface area contributed by atoms with Gasteiger partial charge in [-0.25, -0.2) is 9.97 Å². The molecule has 0 fully saturated rings. The molecule has 4 heterocycles. The average molecular weight is 489 g/mol. The summed E-state index contributed by atoms with van der Waals surface area (Å²) in [6.45, 7) is 0. The van der Waals surface area contributed by atoms with Gasteiger partial charge in [0.15, 0.2) is 5.16 Å². The van der Waals surface area contributed by atoms with Crippen LogP contribution in [0.4, 0.5) is 0 Å². The molecule has 4 aromatic rings. The first kappa shape index (κ1) is 19.0. The number of halogens is 1. The number of thiophene rings is 1. The Balaban J connectivity index is 1.50.